The summed E-state index contributed by atoms with van der Waals surface area (Å²) in [6.45, 7) is 4.51. The Morgan fingerprint density at radius 2 is 1.83 bits per heavy atom. The van der Waals surface area contributed by atoms with Gasteiger partial charge in [0.05, 0.1) is 37.2 Å². The molecule has 6 rings (SSSR count). The highest BCUT2D eigenvalue weighted by Gasteiger charge is 2.43. The van der Waals surface area contributed by atoms with Crippen LogP contribution in [0.25, 0.3) is 10.9 Å². The second kappa shape index (κ2) is 13.9. The molecule has 4 aromatic rings. The van der Waals surface area contributed by atoms with E-state index in [0.717, 1.165) is 12.8 Å². The zero-order chi connectivity index (χ0) is 33.8. The number of carbonyl (C=O) groups excluding carboxylic acids is 1. The maximum atomic E-state index is 15.4. The first-order valence-corrected chi connectivity index (χ1v) is 15.3. The first-order valence-electron chi connectivity index (χ1n) is 15.3. The number of benzene rings is 2. The van der Waals surface area contributed by atoms with Crippen molar-refractivity contribution in [2.45, 2.75) is 31.2 Å². The number of morpholine rings is 1. The van der Waals surface area contributed by atoms with Gasteiger partial charge >= 0.3 is 6.18 Å². The molecular formula is C33H33F4N7O4. The van der Waals surface area contributed by atoms with Gasteiger partial charge in [0.15, 0.2) is 6.10 Å². The third kappa shape index (κ3) is 7.35. The van der Waals surface area contributed by atoms with Crippen LogP contribution in [0.1, 0.15) is 12.8 Å². The topological polar surface area (TPSA) is 114 Å². The highest BCUT2D eigenvalue weighted by molar-refractivity contribution is 5.95. The fourth-order valence-corrected chi connectivity index (χ4v) is 5.67. The Bertz CT molecular complexity index is 1800. The fourth-order valence-electron chi connectivity index (χ4n) is 5.67. The van der Waals surface area contributed by atoms with Gasteiger partial charge in [-0.3, -0.25) is 4.79 Å². The third-order valence-electron chi connectivity index (χ3n) is 8.20. The monoisotopic (exact) mass is 667 g/mol. The molecule has 2 aliphatic heterocycles. The van der Waals surface area contributed by atoms with Gasteiger partial charge in [0.25, 0.3) is 0 Å². The average molecular weight is 668 g/mol. The number of nitrogens with zero attached hydrogens (tertiary/aromatic N) is 5. The zero-order valence-electron chi connectivity index (χ0n) is 26.0. The largest absolute Gasteiger partial charge is 0.495 e. The molecule has 2 saturated heterocycles. The Balaban J connectivity index is 1.16. The van der Waals surface area contributed by atoms with E-state index in [0.29, 0.717) is 41.2 Å². The van der Waals surface area contributed by atoms with E-state index in [-0.39, 0.29) is 48.1 Å². The number of anilines is 4. The lowest BCUT2D eigenvalue weighted by atomic mass is 10.0. The number of alkyl halides is 3. The summed E-state index contributed by atoms with van der Waals surface area (Å²) in [5, 5.41) is 7.18. The second-order valence-electron chi connectivity index (χ2n) is 11.3. The molecule has 4 heterocycles. The molecule has 2 aromatic carbocycles. The lowest BCUT2D eigenvalue weighted by molar-refractivity contribution is -0.221. The number of hydrogen-bond donors (Lipinski definition) is 2. The summed E-state index contributed by atoms with van der Waals surface area (Å²) in [5.74, 6) is 0.986. The maximum absolute atomic E-state index is 15.4. The number of pyridine rings is 1. The Morgan fingerprint density at radius 1 is 1.04 bits per heavy atom. The number of rotatable bonds is 9. The summed E-state index contributed by atoms with van der Waals surface area (Å²) in [4.78, 5) is 28.1. The number of likely N-dealkylation sites (tertiary alicyclic amines) is 1. The first-order chi connectivity index (χ1) is 23.1. The van der Waals surface area contributed by atoms with Crippen LogP contribution >= 0.6 is 0 Å². The van der Waals surface area contributed by atoms with Crippen LogP contribution in [0.3, 0.4) is 0 Å². The van der Waals surface area contributed by atoms with Crippen molar-refractivity contribution in [3.63, 3.8) is 0 Å². The van der Waals surface area contributed by atoms with E-state index in [9.17, 15) is 18.0 Å². The third-order valence-corrected chi connectivity index (χ3v) is 8.20. The normalized spacial score (nSPS) is 17.2. The van der Waals surface area contributed by atoms with Gasteiger partial charge in [-0.2, -0.15) is 13.2 Å². The van der Waals surface area contributed by atoms with Crippen LogP contribution in [0.2, 0.25) is 0 Å². The van der Waals surface area contributed by atoms with Crippen molar-refractivity contribution in [1.29, 1.82) is 0 Å². The van der Waals surface area contributed by atoms with Crippen molar-refractivity contribution >= 4 is 39.8 Å². The molecule has 2 fully saturated rings. The SMILES string of the molecule is C=CC(=O)N1CCC(Nc2cc3c(Nc4ccc(Oc5ccnc(N6CCO[C@H](C(F)(F)F)C6)c5)cc4F)ncnc3cc2OC)CC1. The molecule has 0 radical (unpaired) electrons. The maximum Gasteiger partial charge on any atom is 0.416 e. The smallest absolute Gasteiger partial charge is 0.416 e. The van der Waals surface area contributed by atoms with Crippen molar-refractivity contribution in [2.24, 2.45) is 0 Å². The van der Waals surface area contributed by atoms with Crippen LogP contribution in [0, 0.1) is 5.82 Å². The summed E-state index contributed by atoms with van der Waals surface area (Å²) in [7, 11) is 1.57. The quantitative estimate of drug-likeness (QED) is 0.161. The molecule has 2 aliphatic rings. The van der Waals surface area contributed by atoms with E-state index >= 15 is 4.39 Å². The van der Waals surface area contributed by atoms with E-state index in [4.69, 9.17) is 14.2 Å². The number of piperidine rings is 1. The second-order valence-corrected chi connectivity index (χ2v) is 11.3. The molecule has 0 spiro atoms. The van der Waals surface area contributed by atoms with Crippen LogP contribution < -0.4 is 25.0 Å². The number of amides is 1. The van der Waals surface area contributed by atoms with Crippen LogP contribution in [0.15, 0.2) is 67.6 Å². The van der Waals surface area contributed by atoms with E-state index in [1.165, 1.54) is 47.8 Å². The van der Waals surface area contributed by atoms with Crippen LogP contribution in [0.5, 0.6) is 17.2 Å². The van der Waals surface area contributed by atoms with Gasteiger partial charge in [0.1, 0.15) is 41.0 Å². The van der Waals surface area contributed by atoms with Gasteiger partial charge in [-0.25, -0.2) is 19.3 Å². The number of fused-ring (bicyclic) bond motifs is 1. The van der Waals surface area contributed by atoms with Gasteiger partial charge in [-0.1, -0.05) is 6.58 Å². The van der Waals surface area contributed by atoms with Gasteiger partial charge in [0, 0.05) is 55.5 Å². The molecule has 0 unspecified atom stereocenters. The minimum atomic E-state index is -4.49. The molecule has 252 valence electrons. The molecule has 11 nitrogen and oxygen atoms in total. The van der Waals surface area contributed by atoms with E-state index in [1.807, 2.05) is 6.07 Å². The minimum absolute atomic E-state index is 0.0858. The molecule has 0 bridgehead atoms. The average Bonchev–Trinajstić information content (AvgIpc) is 3.09. The molecule has 0 aliphatic carbocycles. The molecule has 2 aromatic heterocycles. The Labute approximate surface area is 273 Å². The van der Waals surface area contributed by atoms with Crippen molar-refractivity contribution in [3.05, 3.63) is 73.5 Å². The van der Waals surface area contributed by atoms with Gasteiger partial charge in [0.2, 0.25) is 5.91 Å². The fraction of sp³-hybridized carbons (Fsp3) is 0.333. The summed E-state index contributed by atoms with van der Waals surface area (Å²) in [6, 6.07) is 11.0. The highest BCUT2D eigenvalue weighted by atomic mass is 19.4. The Hall–Kier alpha value is -5.18. The standard InChI is InChI=1S/C33H33F4N7O4/c1-3-31(45)43-10-7-20(8-11-43)41-27-16-23-26(17-28(27)46-2)39-19-40-32(23)42-25-5-4-21(14-24(25)34)48-22-6-9-38-30(15-22)44-12-13-47-29(18-44)33(35,36)37/h3-6,9,14-17,19-20,29,41H,1,7-8,10-13,18H2,2H3,(H,39,40,42)/t29-/m0/s1. The van der Waals surface area contributed by atoms with Gasteiger partial charge < -0.3 is 34.6 Å². The lowest BCUT2D eigenvalue weighted by Crippen LogP contribution is -2.49. The number of methoxy groups -OCH3 is 1. The zero-order valence-corrected chi connectivity index (χ0v) is 26.0. The predicted octanol–water partition coefficient (Wildman–Crippen LogP) is 6.06. The van der Waals surface area contributed by atoms with Crippen LogP contribution in [-0.2, 0) is 9.53 Å². The molecular weight excluding hydrogens is 634 g/mol. The van der Waals surface area contributed by atoms with E-state index < -0.39 is 24.6 Å². The first kappa shape index (κ1) is 32.7. The predicted molar refractivity (Wildman–Crippen MR) is 172 cm³/mol. The van der Waals surface area contributed by atoms with Crippen molar-refractivity contribution < 1.29 is 36.6 Å². The molecule has 2 N–H and O–H groups in total. The molecule has 15 heteroatoms. The molecule has 48 heavy (non-hydrogen) atoms. The number of hydrogen-bond acceptors (Lipinski definition) is 10. The van der Waals surface area contributed by atoms with Crippen LogP contribution in [0.4, 0.5) is 40.6 Å². The van der Waals surface area contributed by atoms with E-state index in [2.05, 4.69) is 32.2 Å². The summed E-state index contributed by atoms with van der Waals surface area (Å²) in [6.07, 6.45) is -0.820. The molecule has 0 saturated carbocycles. The van der Waals surface area contributed by atoms with Gasteiger partial charge in [-0.15, -0.1) is 0 Å². The van der Waals surface area contributed by atoms with Crippen molar-refractivity contribution in [1.82, 2.24) is 19.9 Å². The number of nitrogens with one attached hydrogen (secondary N) is 2. The van der Waals surface area contributed by atoms with Crippen molar-refractivity contribution in [3.8, 4) is 17.2 Å². The number of carbonyl (C=O) groups is 1. The molecule has 1 atom stereocenters. The molecule has 1 amide bonds. The van der Waals surface area contributed by atoms with Crippen LogP contribution in [-0.4, -0.2) is 84.0 Å². The summed E-state index contributed by atoms with van der Waals surface area (Å²) >= 11 is 0. The lowest BCUT2D eigenvalue weighted by Gasteiger charge is -2.34. The highest BCUT2D eigenvalue weighted by Crippen LogP contribution is 2.36. The summed E-state index contributed by atoms with van der Waals surface area (Å²) < 4.78 is 71.3. The Kier molecular flexibility index (Phi) is 9.48. The number of halogens is 4. The minimum Gasteiger partial charge on any atom is -0.495 e. The van der Waals surface area contributed by atoms with E-state index in [1.54, 1.807) is 24.1 Å². The number of ether oxygens (including phenoxy) is 3. The number of aromatic nitrogens is 3. The Morgan fingerprint density at radius 3 is 2.56 bits per heavy atom. The van der Waals surface area contributed by atoms with Crippen molar-refractivity contribution in [2.75, 3.05) is 55.4 Å². The van der Waals surface area contributed by atoms with Gasteiger partial charge in [-0.05, 0) is 43.2 Å². The summed E-state index contributed by atoms with van der Waals surface area (Å²) in [5.41, 5.74) is 1.43.